The lowest BCUT2D eigenvalue weighted by molar-refractivity contribution is 0.660. The zero-order valence-corrected chi connectivity index (χ0v) is 41.7. The lowest BCUT2D eigenvalue weighted by atomic mass is 9.81. The van der Waals surface area contributed by atoms with E-state index in [4.69, 9.17) is 0 Å². The molecule has 14 rings (SSSR count). The van der Waals surface area contributed by atoms with Crippen molar-refractivity contribution in [3.63, 3.8) is 0 Å². The molecular weight excluding hydrogens is 877 g/mol. The number of benzene rings is 10. The van der Waals surface area contributed by atoms with E-state index in [1.807, 2.05) is 11.3 Å². The van der Waals surface area contributed by atoms with Gasteiger partial charge in [0, 0.05) is 54.1 Å². The second kappa shape index (κ2) is 15.3. The first kappa shape index (κ1) is 41.9. The predicted octanol–water partition coefficient (Wildman–Crippen LogP) is 19.2. The lowest BCUT2D eigenvalue weighted by Crippen LogP contribution is -2.16. The topological polar surface area (TPSA) is 8.17 Å². The molecule has 0 bridgehead atoms. The van der Waals surface area contributed by atoms with Gasteiger partial charge in [0.05, 0.1) is 21.4 Å². The van der Waals surface area contributed by atoms with Gasteiger partial charge in [-0.05, 0) is 153 Å². The standard InChI is InChI=1S/C68H52N2S/c1-41-34-42(2)36-46(35-41)45-24-30-51-53-32-29-49(40-61(53)68(5,6)59(51)38-45)70-62-19-11-8-15-54(62)57-37-44(25-33-63(57)70)43-22-26-47(27-23-43)69(64-20-13-17-56-55-16-9-12-21-65(55)71-66(56)64)48-28-31-52-50-14-7-10-18-58(50)67(3,4)60(52)39-48/h7-40H,1-6H3. The van der Waals surface area contributed by atoms with E-state index in [9.17, 15) is 0 Å². The lowest BCUT2D eigenvalue weighted by Gasteiger charge is -2.28. The number of aryl methyl sites for hydroxylation is 2. The summed E-state index contributed by atoms with van der Waals surface area (Å²) in [6, 6.07) is 78.0. The van der Waals surface area contributed by atoms with Crippen LogP contribution in [0.2, 0.25) is 0 Å². The maximum atomic E-state index is 2.48. The summed E-state index contributed by atoms with van der Waals surface area (Å²) < 4.78 is 5.07. The molecule has 0 saturated heterocycles. The molecule has 2 aromatic heterocycles. The summed E-state index contributed by atoms with van der Waals surface area (Å²) in [4.78, 5) is 2.48. The molecule has 0 saturated carbocycles. The van der Waals surface area contributed by atoms with Crippen LogP contribution in [0.1, 0.15) is 61.1 Å². The van der Waals surface area contributed by atoms with Gasteiger partial charge >= 0.3 is 0 Å². The van der Waals surface area contributed by atoms with Crippen LogP contribution in [-0.2, 0) is 10.8 Å². The van der Waals surface area contributed by atoms with Crippen molar-refractivity contribution in [2.75, 3.05) is 4.90 Å². The largest absolute Gasteiger partial charge is 0.309 e. The summed E-state index contributed by atoms with van der Waals surface area (Å²) in [5.74, 6) is 0. The minimum absolute atomic E-state index is 0.113. The van der Waals surface area contributed by atoms with Gasteiger partial charge < -0.3 is 9.47 Å². The molecule has 3 heteroatoms. The second-order valence-corrected chi connectivity index (χ2v) is 22.2. The summed E-state index contributed by atoms with van der Waals surface area (Å²) in [6.07, 6.45) is 0. The van der Waals surface area contributed by atoms with Crippen LogP contribution in [-0.4, -0.2) is 4.57 Å². The normalized spacial score (nSPS) is 14.0. The van der Waals surface area contributed by atoms with Crippen LogP contribution < -0.4 is 4.90 Å². The Morgan fingerprint density at radius 1 is 0.380 bits per heavy atom. The third kappa shape index (κ3) is 6.25. The Kier molecular flexibility index (Phi) is 9.01. The highest BCUT2D eigenvalue weighted by atomic mass is 32.1. The number of rotatable bonds is 6. The van der Waals surface area contributed by atoms with E-state index < -0.39 is 0 Å². The Morgan fingerprint density at radius 3 is 1.77 bits per heavy atom. The van der Waals surface area contributed by atoms with Crippen molar-refractivity contribution < 1.29 is 0 Å². The molecule has 0 unspecified atom stereocenters. The second-order valence-electron chi connectivity index (χ2n) is 21.1. The van der Waals surface area contributed by atoms with Crippen LogP contribution in [0.3, 0.4) is 0 Å². The molecule has 0 atom stereocenters. The summed E-state index contributed by atoms with van der Waals surface area (Å²) >= 11 is 1.88. The third-order valence-corrected chi connectivity index (χ3v) is 17.3. The van der Waals surface area contributed by atoms with E-state index >= 15 is 0 Å². The highest BCUT2D eigenvalue weighted by Gasteiger charge is 2.37. The average Bonchev–Trinajstić information content (AvgIpc) is 4.07. The van der Waals surface area contributed by atoms with Crippen LogP contribution in [0.15, 0.2) is 206 Å². The number of hydrogen-bond acceptors (Lipinski definition) is 2. The number of aromatic nitrogens is 1. The van der Waals surface area contributed by atoms with Gasteiger partial charge in [-0.25, -0.2) is 0 Å². The molecule has 12 aromatic rings. The number of hydrogen-bond donors (Lipinski definition) is 0. The fourth-order valence-electron chi connectivity index (χ4n) is 12.6. The Morgan fingerprint density at radius 2 is 0.958 bits per heavy atom. The summed E-state index contributed by atoms with van der Waals surface area (Å²) in [5, 5.41) is 5.11. The highest BCUT2D eigenvalue weighted by Crippen LogP contribution is 2.53. The van der Waals surface area contributed by atoms with Crippen LogP contribution in [0.25, 0.3) is 92.2 Å². The third-order valence-electron chi connectivity index (χ3n) is 16.1. The molecule has 0 N–H and O–H groups in total. The molecule has 340 valence electrons. The van der Waals surface area contributed by atoms with E-state index in [2.05, 4.69) is 257 Å². The fraction of sp³-hybridized carbons (Fsp3) is 0.118. The predicted molar refractivity (Wildman–Crippen MR) is 304 cm³/mol. The average molecular weight is 929 g/mol. The number of nitrogens with zero attached hydrogens (tertiary/aromatic N) is 2. The van der Waals surface area contributed by atoms with Crippen LogP contribution in [0, 0.1) is 13.8 Å². The highest BCUT2D eigenvalue weighted by molar-refractivity contribution is 7.26. The summed E-state index contributed by atoms with van der Waals surface area (Å²) in [7, 11) is 0. The van der Waals surface area contributed by atoms with Crippen LogP contribution >= 0.6 is 11.3 Å². The van der Waals surface area contributed by atoms with Crippen molar-refractivity contribution in [1.82, 2.24) is 4.57 Å². The number of para-hydroxylation sites is 1. The van der Waals surface area contributed by atoms with Gasteiger partial charge in [-0.2, -0.15) is 0 Å². The minimum atomic E-state index is -0.156. The molecular formula is C68H52N2S. The first-order valence-electron chi connectivity index (χ1n) is 25.0. The van der Waals surface area contributed by atoms with Gasteiger partial charge in [-0.15, -0.1) is 11.3 Å². The van der Waals surface area contributed by atoms with E-state index in [0.29, 0.717) is 0 Å². The van der Waals surface area contributed by atoms with Crippen molar-refractivity contribution in [3.05, 3.63) is 240 Å². The molecule has 71 heavy (non-hydrogen) atoms. The smallest absolute Gasteiger partial charge is 0.0640 e. The van der Waals surface area contributed by atoms with Gasteiger partial charge in [0.2, 0.25) is 0 Å². The molecule has 0 aliphatic heterocycles. The number of fused-ring (bicyclic) bond motifs is 12. The Hall–Kier alpha value is -7.98. The van der Waals surface area contributed by atoms with E-state index in [1.54, 1.807) is 0 Å². The molecule has 0 radical (unpaired) electrons. The van der Waals surface area contributed by atoms with Crippen molar-refractivity contribution in [1.29, 1.82) is 0 Å². The van der Waals surface area contributed by atoms with Crippen molar-refractivity contribution >= 4 is 70.4 Å². The van der Waals surface area contributed by atoms with Gasteiger partial charge in [-0.1, -0.05) is 172 Å². The number of thiophene rings is 1. The van der Waals surface area contributed by atoms with Crippen LogP contribution in [0.5, 0.6) is 0 Å². The first-order valence-corrected chi connectivity index (χ1v) is 25.8. The maximum absolute atomic E-state index is 2.48. The molecule has 2 nitrogen and oxygen atoms in total. The molecule has 0 spiro atoms. The van der Waals surface area contributed by atoms with E-state index in [1.165, 1.54) is 131 Å². The molecule has 2 heterocycles. The zero-order chi connectivity index (χ0) is 47.9. The Bertz CT molecular complexity index is 4180. The molecule has 0 amide bonds. The SMILES string of the molecule is Cc1cc(C)cc(-c2ccc3c(c2)C(C)(C)c2cc(-n4c5ccccc5c5cc(-c6ccc(N(c7ccc8c(c7)C(C)(C)c7ccccc7-8)c7cccc8c7sc7ccccc78)cc6)ccc54)ccc2-3)c1. The Labute approximate surface area is 419 Å². The minimum Gasteiger partial charge on any atom is -0.309 e. The zero-order valence-electron chi connectivity index (χ0n) is 40.9. The molecule has 10 aromatic carbocycles. The summed E-state index contributed by atoms with van der Waals surface area (Å²) in [5.41, 5.74) is 25.2. The van der Waals surface area contributed by atoms with Crippen molar-refractivity contribution in [2.45, 2.75) is 52.4 Å². The van der Waals surface area contributed by atoms with Gasteiger partial charge in [0.1, 0.15) is 0 Å². The van der Waals surface area contributed by atoms with Crippen molar-refractivity contribution in [3.8, 4) is 50.2 Å². The van der Waals surface area contributed by atoms with Crippen molar-refractivity contribution in [2.24, 2.45) is 0 Å². The fourth-order valence-corrected chi connectivity index (χ4v) is 13.8. The molecule has 2 aliphatic rings. The Balaban J connectivity index is 0.855. The summed E-state index contributed by atoms with van der Waals surface area (Å²) in [6.45, 7) is 13.9. The van der Waals surface area contributed by atoms with Gasteiger partial charge in [0.15, 0.2) is 0 Å². The first-order chi connectivity index (χ1) is 34.5. The van der Waals surface area contributed by atoms with E-state index in [-0.39, 0.29) is 10.8 Å². The monoisotopic (exact) mass is 928 g/mol. The maximum Gasteiger partial charge on any atom is 0.0640 e. The quantitative estimate of drug-likeness (QED) is 0.161. The molecule has 2 aliphatic carbocycles. The van der Waals surface area contributed by atoms with Crippen LogP contribution in [0.4, 0.5) is 17.1 Å². The number of anilines is 3. The van der Waals surface area contributed by atoms with Gasteiger partial charge in [0.25, 0.3) is 0 Å². The molecule has 0 fully saturated rings. The van der Waals surface area contributed by atoms with E-state index in [0.717, 1.165) is 11.4 Å². The van der Waals surface area contributed by atoms with Gasteiger partial charge in [-0.3, -0.25) is 0 Å².